The average molecular weight is 311 g/mol. The average Bonchev–Trinajstić information content (AvgIpc) is 2.72. The van der Waals surface area contributed by atoms with Crippen molar-refractivity contribution in [1.82, 2.24) is 0 Å². The maximum absolute atomic E-state index is 10.9. The number of alkyl halides is 1. The summed E-state index contributed by atoms with van der Waals surface area (Å²) in [7, 11) is 0. The molecule has 1 aliphatic heterocycles. The lowest BCUT2D eigenvalue weighted by Crippen LogP contribution is -2.25. The van der Waals surface area contributed by atoms with Crippen molar-refractivity contribution in [2.75, 3.05) is 18.0 Å². The fourth-order valence-corrected chi connectivity index (χ4v) is 3.34. The molecule has 1 unspecified atom stereocenters. The van der Waals surface area contributed by atoms with Gasteiger partial charge in [-0.15, -0.1) is 11.6 Å². The van der Waals surface area contributed by atoms with E-state index in [1.807, 2.05) is 6.07 Å². The zero-order valence-electron chi connectivity index (χ0n) is 12.7. The molecule has 2 rings (SSSR count). The number of halogens is 1. The lowest BCUT2D eigenvalue weighted by molar-refractivity contribution is -0.384. The Morgan fingerprint density at radius 3 is 2.76 bits per heavy atom. The van der Waals surface area contributed by atoms with Gasteiger partial charge in [0.15, 0.2) is 0 Å². The number of hydrogen-bond donors (Lipinski definition) is 0. The van der Waals surface area contributed by atoms with Crippen molar-refractivity contribution in [3.05, 3.63) is 33.9 Å². The molecule has 0 radical (unpaired) electrons. The van der Waals surface area contributed by atoms with Gasteiger partial charge in [-0.2, -0.15) is 0 Å². The highest BCUT2D eigenvalue weighted by molar-refractivity contribution is 6.17. The number of non-ortho nitro benzene ring substituents is 1. The molecular formula is C16H23ClN2O2. The monoisotopic (exact) mass is 310 g/mol. The summed E-state index contributed by atoms with van der Waals surface area (Å²) in [5.41, 5.74) is 2.03. The summed E-state index contributed by atoms with van der Waals surface area (Å²) in [5, 5.41) is 10.9. The molecule has 1 atom stereocenters. The highest BCUT2D eigenvalue weighted by atomic mass is 35.5. The van der Waals surface area contributed by atoms with E-state index < -0.39 is 0 Å². The standard InChI is InChI=1S/C16H23ClN2O2/c1-12(2)13-4-3-8-18(9-7-13)16-6-5-15(19(20)21)10-14(16)11-17/h5-6,10,12-13H,3-4,7-9,11H2,1-2H3. The maximum Gasteiger partial charge on any atom is 0.269 e. The third-order valence-electron chi connectivity index (χ3n) is 4.47. The molecule has 1 fully saturated rings. The minimum absolute atomic E-state index is 0.115. The second-order valence-electron chi connectivity index (χ2n) is 6.13. The summed E-state index contributed by atoms with van der Waals surface area (Å²) in [6.45, 7) is 6.59. The number of anilines is 1. The lowest BCUT2D eigenvalue weighted by Gasteiger charge is -2.25. The highest BCUT2D eigenvalue weighted by Gasteiger charge is 2.21. The highest BCUT2D eigenvalue weighted by Crippen LogP contribution is 2.31. The number of hydrogen-bond acceptors (Lipinski definition) is 3. The molecule has 4 nitrogen and oxygen atoms in total. The van der Waals surface area contributed by atoms with E-state index in [4.69, 9.17) is 11.6 Å². The number of benzene rings is 1. The van der Waals surface area contributed by atoms with Crippen LogP contribution in [0, 0.1) is 22.0 Å². The Hall–Kier alpha value is -1.29. The summed E-state index contributed by atoms with van der Waals surface area (Å²) < 4.78 is 0. The van der Waals surface area contributed by atoms with E-state index in [1.54, 1.807) is 12.1 Å². The second-order valence-corrected chi connectivity index (χ2v) is 6.39. The lowest BCUT2D eigenvalue weighted by atomic mass is 9.89. The van der Waals surface area contributed by atoms with Gasteiger partial charge in [0.1, 0.15) is 0 Å². The third-order valence-corrected chi connectivity index (χ3v) is 4.76. The van der Waals surface area contributed by atoms with Gasteiger partial charge in [0.2, 0.25) is 0 Å². The summed E-state index contributed by atoms with van der Waals surface area (Å²) >= 11 is 6.00. The van der Waals surface area contributed by atoms with Crippen LogP contribution >= 0.6 is 11.6 Å². The molecule has 1 aliphatic rings. The van der Waals surface area contributed by atoms with Crippen LogP contribution in [0.2, 0.25) is 0 Å². The molecule has 21 heavy (non-hydrogen) atoms. The first-order valence-electron chi connectivity index (χ1n) is 7.61. The van der Waals surface area contributed by atoms with E-state index in [0.29, 0.717) is 11.8 Å². The molecule has 0 amide bonds. The Bertz CT molecular complexity index is 505. The van der Waals surface area contributed by atoms with Crippen LogP contribution in [0.15, 0.2) is 18.2 Å². The first-order chi connectivity index (χ1) is 10.0. The first kappa shape index (κ1) is 16.1. The molecule has 0 spiro atoms. The first-order valence-corrected chi connectivity index (χ1v) is 8.14. The van der Waals surface area contributed by atoms with Gasteiger partial charge in [0.25, 0.3) is 5.69 Å². The predicted molar refractivity (Wildman–Crippen MR) is 87.0 cm³/mol. The Balaban J connectivity index is 2.19. The summed E-state index contributed by atoms with van der Waals surface area (Å²) in [4.78, 5) is 12.9. The van der Waals surface area contributed by atoms with Crippen molar-refractivity contribution >= 4 is 23.0 Å². The van der Waals surface area contributed by atoms with Gasteiger partial charge in [0.05, 0.1) is 4.92 Å². The molecule has 0 N–H and O–H groups in total. The Morgan fingerprint density at radius 2 is 2.14 bits per heavy atom. The van der Waals surface area contributed by atoms with Gasteiger partial charge in [-0.25, -0.2) is 0 Å². The number of rotatable bonds is 4. The fourth-order valence-electron chi connectivity index (χ4n) is 3.13. The molecule has 1 saturated heterocycles. The van der Waals surface area contributed by atoms with E-state index in [1.165, 1.54) is 19.3 Å². The Labute approximate surface area is 131 Å². The van der Waals surface area contributed by atoms with Crippen molar-refractivity contribution in [3.8, 4) is 0 Å². The smallest absolute Gasteiger partial charge is 0.269 e. The zero-order valence-corrected chi connectivity index (χ0v) is 13.5. The van der Waals surface area contributed by atoms with Crippen LogP contribution in [0.25, 0.3) is 0 Å². The summed E-state index contributed by atoms with van der Waals surface area (Å²) in [6.07, 6.45) is 3.61. The van der Waals surface area contributed by atoms with E-state index >= 15 is 0 Å². The van der Waals surface area contributed by atoms with Crippen LogP contribution in [0.1, 0.15) is 38.7 Å². The van der Waals surface area contributed by atoms with Crippen molar-refractivity contribution in [3.63, 3.8) is 0 Å². The molecule has 1 heterocycles. The molecular weight excluding hydrogens is 288 g/mol. The van der Waals surface area contributed by atoms with Crippen LogP contribution in [-0.2, 0) is 5.88 Å². The van der Waals surface area contributed by atoms with Crippen LogP contribution in [0.5, 0.6) is 0 Å². The predicted octanol–water partition coefficient (Wildman–Crippen LogP) is 4.60. The van der Waals surface area contributed by atoms with Crippen LogP contribution < -0.4 is 4.90 Å². The molecule has 116 valence electrons. The molecule has 0 bridgehead atoms. The quantitative estimate of drug-likeness (QED) is 0.464. The summed E-state index contributed by atoms with van der Waals surface area (Å²) in [6, 6.07) is 5.04. The second kappa shape index (κ2) is 7.12. The number of nitro groups is 1. The van der Waals surface area contributed by atoms with E-state index in [-0.39, 0.29) is 10.6 Å². The van der Waals surface area contributed by atoms with Crippen LogP contribution in [0.4, 0.5) is 11.4 Å². The maximum atomic E-state index is 10.9. The molecule has 0 aromatic heterocycles. The minimum atomic E-state index is -0.364. The van der Waals surface area contributed by atoms with Gasteiger partial charge < -0.3 is 4.90 Å². The zero-order chi connectivity index (χ0) is 15.4. The van der Waals surface area contributed by atoms with Gasteiger partial charge in [0, 0.05) is 36.8 Å². The minimum Gasteiger partial charge on any atom is -0.371 e. The molecule has 0 saturated carbocycles. The fraction of sp³-hybridized carbons (Fsp3) is 0.625. The van der Waals surface area contributed by atoms with E-state index in [2.05, 4.69) is 18.7 Å². The van der Waals surface area contributed by atoms with E-state index in [0.717, 1.165) is 30.3 Å². The van der Waals surface area contributed by atoms with Crippen molar-refractivity contribution < 1.29 is 4.92 Å². The third kappa shape index (κ3) is 3.88. The Kier molecular flexibility index (Phi) is 5.45. The molecule has 1 aromatic carbocycles. The van der Waals surface area contributed by atoms with Crippen LogP contribution in [0.3, 0.4) is 0 Å². The topological polar surface area (TPSA) is 46.4 Å². The van der Waals surface area contributed by atoms with Gasteiger partial charge >= 0.3 is 0 Å². The number of nitrogens with zero attached hydrogens (tertiary/aromatic N) is 2. The van der Waals surface area contributed by atoms with Gasteiger partial charge in [-0.3, -0.25) is 10.1 Å². The van der Waals surface area contributed by atoms with Crippen molar-refractivity contribution in [1.29, 1.82) is 0 Å². The van der Waals surface area contributed by atoms with Crippen LogP contribution in [-0.4, -0.2) is 18.0 Å². The Morgan fingerprint density at radius 1 is 1.38 bits per heavy atom. The van der Waals surface area contributed by atoms with Crippen molar-refractivity contribution in [2.24, 2.45) is 11.8 Å². The van der Waals surface area contributed by atoms with Gasteiger partial charge in [-0.05, 0) is 42.7 Å². The van der Waals surface area contributed by atoms with E-state index in [9.17, 15) is 10.1 Å². The number of nitro benzene ring substituents is 1. The molecule has 5 heteroatoms. The summed E-state index contributed by atoms with van der Waals surface area (Å²) in [5.74, 6) is 1.79. The van der Waals surface area contributed by atoms with Crippen molar-refractivity contribution in [2.45, 2.75) is 39.0 Å². The molecule has 0 aliphatic carbocycles. The normalized spacial score (nSPS) is 19.6. The largest absolute Gasteiger partial charge is 0.371 e. The SMILES string of the molecule is CC(C)C1CCCN(c2ccc([N+](=O)[O-])cc2CCl)CC1. The van der Waals surface area contributed by atoms with Gasteiger partial charge in [-0.1, -0.05) is 13.8 Å². The molecule has 1 aromatic rings.